The zero-order chi connectivity index (χ0) is 49.7. The molecule has 1 aliphatic heterocycles. The van der Waals surface area contributed by atoms with Gasteiger partial charge in [-0.05, 0) is 110 Å². The van der Waals surface area contributed by atoms with Crippen molar-refractivity contribution in [2.75, 3.05) is 9.80 Å². The molecule has 0 saturated carbocycles. The second-order valence-corrected chi connectivity index (χ2v) is 22.3. The Bertz CT molecular complexity index is 3820. The van der Waals surface area contributed by atoms with Crippen LogP contribution in [0.5, 0.6) is 11.5 Å². The average Bonchev–Trinajstić information content (AvgIpc) is 4.04. The standard InChI is InChI=1S/C66H58N5O.Pt/c1-64(2,3)45-33-34-67-62(39-45)71-59-28-18-27-58(70-55-25-15-13-23-52(55)53-24-14-16-26-56(53)70)63(59)54-31-30-51(41-60(54)71)72-50-22-17-21-48(40-50)68-42-69(49-37-46(65(4,5)6)36-47(38-49)66(7,8)9)57-32-29-44(35-61(57)68)43-19-11-10-12-20-43;/h10-39,42H,1-9H3;/q-3;. The van der Waals surface area contributed by atoms with Crippen molar-refractivity contribution < 1.29 is 25.8 Å². The van der Waals surface area contributed by atoms with Crippen LogP contribution in [0.3, 0.4) is 0 Å². The van der Waals surface area contributed by atoms with Crippen molar-refractivity contribution in [2.45, 2.75) is 78.6 Å². The number of para-hydroxylation sites is 2. The van der Waals surface area contributed by atoms with Gasteiger partial charge in [0.25, 0.3) is 0 Å². The van der Waals surface area contributed by atoms with E-state index >= 15 is 0 Å². The summed E-state index contributed by atoms with van der Waals surface area (Å²) in [4.78, 5) is 9.60. The summed E-state index contributed by atoms with van der Waals surface area (Å²) in [6, 6.07) is 70.5. The van der Waals surface area contributed by atoms with Gasteiger partial charge in [-0.3, -0.25) is 0 Å². The molecule has 12 rings (SSSR count). The fourth-order valence-corrected chi connectivity index (χ4v) is 10.4. The van der Waals surface area contributed by atoms with Gasteiger partial charge < -0.3 is 23.7 Å². The molecule has 0 spiro atoms. The minimum atomic E-state index is -0.0807. The van der Waals surface area contributed by atoms with Crippen LogP contribution in [-0.2, 0) is 37.3 Å². The molecule has 0 unspecified atom stereocenters. The minimum Gasteiger partial charge on any atom is -0.509 e. The van der Waals surface area contributed by atoms with Crippen LogP contribution >= 0.6 is 0 Å². The Kier molecular flexibility index (Phi) is 11.8. The van der Waals surface area contributed by atoms with Crippen molar-refractivity contribution >= 4 is 66.4 Å². The second kappa shape index (κ2) is 18.0. The van der Waals surface area contributed by atoms with Crippen LogP contribution in [0.15, 0.2) is 182 Å². The molecule has 4 heterocycles. The maximum atomic E-state index is 6.86. The molecular weight excluding hydrogens is 1070 g/mol. The summed E-state index contributed by atoms with van der Waals surface area (Å²) >= 11 is 0. The molecule has 0 atom stereocenters. The number of hydrogen-bond donors (Lipinski definition) is 0. The van der Waals surface area contributed by atoms with Crippen LogP contribution in [-0.4, -0.2) is 14.1 Å². The molecule has 6 nitrogen and oxygen atoms in total. The number of hydrogen-bond acceptors (Lipinski definition) is 4. The summed E-state index contributed by atoms with van der Waals surface area (Å²) in [5, 5.41) is 4.61. The molecule has 7 heteroatoms. The van der Waals surface area contributed by atoms with Gasteiger partial charge in [0.2, 0.25) is 0 Å². The summed E-state index contributed by atoms with van der Waals surface area (Å²) in [7, 11) is 0. The van der Waals surface area contributed by atoms with E-state index < -0.39 is 0 Å². The predicted molar refractivity (Wildman–Crippen MR) is 300 cm³/mol. The summed E-state index contributed by atoms with van der Waals surface area (Å²) in [6.07, 6.45) is 1.92. The van der Waals surface area contributed by atoms with Gasteiger partial charge >= 0.3 is 0 Å². The number of ether oxygens (including phenoxy) is 1. The summed E-state index contributed by atoms with van der Waals surface area (Å²) in [6.45, 7) is 22.7. The Labute approximate surface area is 443 Å². The molecule has 73 heavy (non-hydrogen) atoms. The Hall–Kier alpha value is -7.40. The van der Waals surface area contributed by atoms with Crippen LogP contribution in [0.25, 0.3) is 66.2 Å². The SMILES string of the molecule is CC(C)(C)c1cc(N2[CH-]N(c3[c-]c(Oc4[c-]c5c(cc4)c4c(-n6c7ccccc7c7ccccc76)cccc4n5-c4cc(C(C)(C)C)ccn4)ccc3)c3cc(-c4ccccc4)ccc32)cc(C(C)(C)C)c1.[Pt]. The Morgan fingerprint density at radius 3 is 1.77 bits per heavy atom. The molecule has 0 N–H and O–H groups in total. The van der Waals surface area contributed by atoms with Crippen LogP contribution in [0.2, 0.25) is 0 Å². The number of benzene rings is 8. The van der Waals surface area contributed by atoms with Crippen molar-refractivity contribution in [1.82, 2.24) is 14.1 Å². The van der Waals surface area contributed by atoms with E-state index in [9.17, 15) is 0 Å². The smallest absolute Gasteiger partial charge is 0.135 e. The van der Waals surface area contributed by atoms with Gasteiger partial charge in [-0.2, -0.15) is 12.1 Å². The maximum absolute atomic E-state index is 6.86. The third-order valence-corrected chi connectivity index (χ3v) is 14.3. The molecule has 366 valence electrons. The number of pyridine rings is 1. The number of nitrogens with zero attached hydrogens (tertiary/aromatic N) is 5. The summed E-state index contributed by atoms with van der Waals surface area (Å²) in [5.41, 5.74) is 15.4. The van der Waals surface area contributed by atoms with Crippen LogP contribution in [0.1, 0.15) is 79.0 Å². The van der Waals surface area contributed by atoms with E-state index in [4.69, 9.17) is 9.72 Å². The molecular formula is C66H58N5OPt-3. The Morgan fingerprint density at radius 2 is 1.08 bits per heavy atom. The molecule has 1 aliphatic rings. The van der Waals surface area contributed by atoms with Gasteiger partial charge in [0.1, 0.15) is 5.82 Å². The molecule has 0 bridgehead atoms. The zero-order valence-electron chi connectivity index (χ0n) is 42.9. The van der Waals surface area contributed by atoms with Gasteiger partial charge in [0.15, 0.2) is 0 Å². The average molecular weight is 1130 g/mol. The Balaban J connectivity index is 0.00000574. The summed E-state index contributed by atoms with van der Waals surface area (Å²) in [5.74, 6) is 1.99. The minimum absolute atomic E-state index is 0. The van der Waals surface area contributed by atoms with Gasteiger partial charge in [-0.25, -0.2) is 4.98 Å². The topological polar surface area (TPSA) is 38.5 Å². The van der Waals surface area contributed by atoms with E-state index in [1.54, 1.807) is 0 Å². The first-order valence-corrected chi connectivity index (χ1v) is 25.0. The van der Waals surface area contributed by atoms with Gasteiger partial charge in [0.05, 0.1) is 11.0 Å². The molecule has 3 aromatic heterocycles. The predicted octanol–water partition coefficient (Wildman–Crippen LogP) is 17.6. The number of anilines is 4. The first kappa shape index (κ1) is 47.9. The third-order valence-electron chi connectivity index (χ3n) is 14.3. The van der Waals surface area contributed by atoms with E-state index in [-0.39, 0.29) is 37.3 Å². The molecule has 11 aromatic rings. The van der Waals surface area contributed by atoms with Gasteiger partial charge in [0, 0.05) is 77.8 Å². The van der Waals surface area contributed by atoms with E-state index in [1.165, 1.54) is 27.5 Å². The van der Waals surface area contributed by atoms with Crippen LogP contribution < -0.4 is 14.5 Å². The maximum Gasteiger partial charge on any atom is 0.135 e. The Morgan fingerprint density at radius 1 is 0.452 bits per heavy atom. The molecule has 0 amide bonds. The fourth-order valence-electron chi connectivity index (χ4n) is 10.4. The molecule has 0 radical (unpaired) electrons. The van der Waals surface area contributed by atoms with Crippen LogP contribution in [0.4, 0.5) is 22.7 Å². The van der Waals surface area contributed by atoms with Crippen molar-refractivity contribution in [3.8, 4) is 34.1 Å². The van der Waals surface area contributed by atoms with Crippen molar-refractivity contribution in [3.63, 3.8) is 0 Å². The van der Waals surface area contributed by atoms with E-state index in [0.29, 0.717) is 11.5 Å². The number of rotatable bonds is 7. The quantitative estimate of drug-likeness (QED) is 0.149. The number of fused-ring (bicyclic) bond motifs is 7. The van der Waals surface area contributed by atoms with Gasteiger partial charge in [-0.15, -0.1) is 42.7 Å². The number of aromatic nitrogens is 3. The molecule has 0 aliphatic carbocycles. The van der Waals surface area contributed by atoms with Crippen molar-refractivity contribution in [1.29, 1.82) is 0 Å². The molecule has 0 fully saturated rings. The monoisotopic (exact) mass is 1130 g/mol. The van der Waals surface area contributed by atoms with E-state index in [2.05, 4.69) is 258 Å². The second-order valence-electron chi connectivity index (χ2n) is 22.3. The molecule has 0 saturated heterocycles. The van der Waals surface area contributed by atoms with Gasteiger partial charge in [-0.1, -0.05) is 158 Å². The first-order chi connectivity index (χ1) is 34.6. The third kappa shape index (κ3) is 8.50. The zero-order valence-corrected chi connectivity index (χ0v) is 45.1. The summed E-state index contributed by atoms with van der Waals surface area (Å²) < 4.78 is 11.5. The van der Waals surface area contributed by atoms with E-state index in [1.807, 2.05) is 24.4 Å². The first-order valence-electron chi connectivity index (χ1n) is 25.0. The van der Waals surface area contributed by atoms with Crippen molar-refractivity contribution in [3.05, 3.63) is 218 Å². The normalized spacial score (nSPS) is 13.1. The van der Waals surface area contributed by atoms with E-state index in [0.717, 1.165) is 78.2 Å². The van der Waals surface area contributed by atoms with Crippen LogP contribution in [0, 0.1) is 18.8 Å². The largest absolute Gasteiger partial charge is 0.509 e. The fraction of sp³-hybridized carbons (Fsp3) is 0.182. The molecule has 8 aromatic carbocycles. The van der Waals surface area contributed by atoms with Crippen molar-refractivity contribution in [2.24, 2.45) is 0 Å².